The highest BCUT2D eigenvalue weighted by Crippen LogP contribution is 2.26. The van der Waals surface area contributed by atoms with Crippen LogP contribution in [0.2, 0.25) is 5.02 Å². The van der Waals surface area contributed by atoms with E-state index in [1.54, 1.807) is 6.20 Å². The van der Waals surface area contributed by atoms with Crippen molar-refractivity contribution >= 4 is 34.2 Å². The number of anilines is 1. The molecule has 146 valence electrons. The highest BCUT2D eigenvalue weighted by Gasteiger charge is 2.26. The van der Waals surface area contributed by atoms with E-state index in [9.17, 15) is 4.79 Å². The number of para-hydroxylation sites is 1. The van der Waals surface area contributed by atoms with Crippen molar-refractivity contribution in [3.8, 4) is 11.3 Å². The van der Waals surface area contributed by atoms with Crippen LogP contribution in [0.25, 0.3) is 22.2 Å². The van der Waals surface area contributed by atoms with Gasteiger partial charge in [0.2, 0.25) is 0 Å². The van der Waals surface area contributed by atoms with Gasteiger partial charge >= 0.3 is 0 Å². The van der Waals surface area contributed by atoms with E-state index < -0.39 is 0 Å². The zero-order valence-electron chi connectivity index (χ0n) is 15.7. The van der Waals surface area contributed by atoms with Crippen LogP contribution in [0.3, 0.4) is 0 Å². The number of hydrogen-bond donors (Lipinski definition) is 3. The summed E-state index contributed by atoms with van der Waals surface area (Å²) in [6.07, 6.45) is 2.66. The van der Waals surface area contributed by atoms with E-state index in [2.05, 4.69) is 25.4 Å². The lowest BCUT2D eigenvalue weighted by atomic mass is 10.1. The zero-order valence-corrected chi connectivity index (χ0v) is 16.4. The van der Waals surface area contributed by atoms with Crippen molar-refractivity contribution in [3.05, 3.63) is 71.4 Å². The molecule has 0 radical (unpaired) electrons. The van der Waals surface area contributed by atoms with Crippen molar-refractivity contribution in [1.29, 1.82) is 0 Å². The van der Waals surface area contributed by atoms with E-state index in [0.29, 0.717) is 10.6 Å². The molecular formula is C22H20ClN5O. The Labute approximate surface area is 172 Å². The Kier molecular flexibility index (Phi) is 4.48. The quantitative estimate of drug-likeness (QED) is 0.475. The van der Waals surface area contributed by atoms with Gasteiger partial charge in [0.15, 0.2) is 5.82 Å². The van der Waals surface area contributed by atoms with Crippen molar-refractivity contribution < 1.29 is 4.79 Å². The Morgan fingerprint density at radius 2 is 2.00 bits per heavy atom. The van der Waals surface area contributed by atoms with Crippen LogP contribution in [-0.2, 0) is 0 Å². The third-order valence-electron chi connectivity index (χ3n) is 5.40. The minimum Gasteiger partial charge on any atom is -0.360 e. The molecule has 6 nitrogen and oxygen atoms in total. The van der Waals surface area contributed by atoms with E-state index in [-0.39, 0.29) is 11.9 Å². The molecule has 1 aliphatic heterocycles. The number of H-pyrrole nitrogens is 2. The van der Waals surface area contributed by atoms with Gasteiger partial charge in [-0.05, 0) is 30.2 Å². The average molecular weight is 406 g/mol. The van der Waals surface area contributed by atoms with Crippen molar-refractivity contribution in [2.45, 2.75) is 12.5 Å². The summed E-state index contributed by atoms with van der Waals surface area (Å²) in [5.74, 6) is 0.844. The van der Waals surface area contributed by atoms with E-state index >= 15 is 0 Å². The highest BCUT2D eigenvalue weighted by atomic mass is 35.5. The van der Waals surface area contributed by atoms with Crippen LogP contribution >= 0.6 is 11.6 Å². The Balaban J connectivity index is 1.26. The lowest BCUT2D eigenvalue weighted by molar-refractivity contribution is 0.0942. The van der Waals surface area contributed by atoms with E-state index in [0.717, 1.165) is 47.5 Å². The van der Waals surface area contributed by atoms with Gasteiger partial charge in [0, 0.05) is 47.3 Å². The summed E-state index contributed by atoms with van der Waals surface area (Å²) in [7, 11) is 0. The molecule has 7 heteroatoms. The molecule has 3 heterocycles. The molecule has 1 amide bonds. The van der Waals surface area contributed by atoms with Gasteiger partial charge in [-0.15, -0.1) is 0 Å². The fourth-order valence-corrected chi connectivity index (χ4v) is 3.99. The van der Waals surface area contributed by atoms with Gasteiger partial charge in [-0.1, -0.05) is 41.9 Å². The molecule has 4 aromatic rings. The number of aromatic nitrogens is 3. The number of hydrogen-bond acceptors (Lipinski definition) is 3. The fraction of sp³-hybridized carbons (Fsp3) is 0.182. The third kappa shape index (κ3) is 3.47. The number of rotatable bonds is 4. The molecule has 1 fully saturated rings. The maximum atomic E-state index is 12.8. The summed E-state index contributed by atoms with van der Waals surface area (Å²) < 4.78 is 0. The fourth-order valence-electron chi connectivity index (χ4n) is 3.86. The highest BCUT2D eigenvalue weighted by molar-refractivity contribution is 6.30. The second kappa shape index (κ2) is 7.29. The van der Waals surface area contributed by atoms with Crippen LogP contribution in [0.1, 0.15) is 16.8 Å². The maximum Gasteiger partial charge on any atom is 0.253 e. The van der Waals surface area contributed by atoms with Gasteiger partial charge < -0.3 is 15.2 Å². The summed E-state index contributed by atoms with van der Waals surface area (Å²) in [5.41, 5.74) is 3.64. The first-order valence-electron chi connectivity index (χ1n) is 9.60. The average Bonchev–Trinajstić information content (AvgIpc) is 3.47. The summed E-state index contributed by atoms with van der Waals surface area (Å²) >= 11 is 5.96. The number of carbonyl (C=O) groups excluding carboxylic acids is 1. The molecule has 29 heavy (non-hydrogen) atoms. The number of benzene rings is 2. The number of fused-ring (bicyclic) bond motifs is 1. The third-order valence-corrected chi connectivity index (χ3v) is 5.65. The first-order chi connectivity index (χ1) is 14.2. The van der Waals surface area contributed by atoms with Crippen LogP contribution in [0.4, 0.5) is 5.82 Å². The Bertz CT molecular complexity index is 1160. The number of aromatic amines is 2. The maximum absolute atomic E-state index is 12.8. The van der Waals surface area contributed by atoms with Crippen LogP contribution in [-0.4, -0.2) is 40.2 Å². The van der Waals surface area contributed by atoms with Crippen LogP contribution in [0.15, 0.2) is 60.8 Å². The van der Waals surface area contributed by atoms with Gasteiger partial charge in [0.05, 0.1) is 11.3 Å². The minimum atomic E-state index is -0.0434. The number of halogens is 1. The lowest BCUT2D eigenvalue weighted by Crippen LogP contribution is -2.37. The molecule has 2 aromatic heterocycles. The summed E-state index contributed by atoms with van der Waals surface area (Å²) in [4.78, 5) is 18.1. The van der Waals surface area contributed by atoms with Crippen LogP contribution < -0.4 is 10.2 Å². The van der Waals surface area contributed by atoms with E-state index in [4.69, 9.17) is 11.6 Å². The molecule has 0 bridgehead atoms. The second-order valence-corrected chi connectivity index (χ2v) is 7.74. The summed E-state index contributed by atoms with van der Waals surface area (Å²) in [6, 6.07) is 17.6. The van der Waals surface area contributed by atoms with Gasteiger partial charge in [-0.2, -0.15) is 5.10 Å². The predicted molar refractivity (Wildman–Crippen MR) is 115 cm³/mol. The largest absolute Gasteiger partial charge is 0.360 e. The molecule has 1 atom stereocenters. The SMILES string of the molecule is O=C(NC1CCN(c2cc(-c3ccc(Cl)cc3)[nH]n2)C1)c1c[nH]c2ccccc12. The van der Waals surface area contributed by atoms with Gasteiger partial charge in [0.1, 0.15) is 0 Å². The van der Waals surface area contributed by atoms with Crippen molar-refractivity contribution in [2.24, 2.45) is 0 Å². The first kappa shape index (κ1) is 17.8. The minimum absolute atomic E-state index is 0.0434. The van der Waals surface area contributed by atoms with Crippen molar-refractivity contribution in [2.75, 3.05) is 18.0 Å². The zero-order chi connectivity index (χ0) is 19.8. The Hall–Kier alpha value is -3.25. The normalized spacial score (nSPS) is 16.4. The summed E-state index contributed by atoms with van der Waals surface area (Å²) in [5, 5.41) is 12.4. The molecule has 1 unspecified atom stereocenters. The number of carbonyl (C=O) groups is 1. The number of nitrogens with zero attached hydrogens (tertiary/aromatic N) is 2. The summed E-state index contributed by atoms with van der Waals surface area (Å²) in [6.45, 7) is 1.59. The van der Waals surface area contributed by atoms with Crippen LogP contribution in [0.5, 0.6) is 0 Å². The topological polar surface area (TPSA) is 76.8 Å². The molecule has 5 rings (SSSR count). The smallest absolute Gasteiger partial charge is 0.253 e. The van der Waals surface area contributed by atoms with E-state index in [1.807, 2.05) is 54.6 Å². The Morgan fingerprint density at radius 3 is 2.86 bits per heavy atom. The molecule has 1 saturated heterocycles. The first-order valence-corrected chi connectivity index (χ1v) is 9.98. The molecule has 3 N–H and O–H groups in total. The van der Waals surface area contributed by atoms with Crippen molar-refractivity contribution in [3.63, 3.8) is 0 Å². The van der Waals surface area contributed by atoms with Gasteiger partial charge in [-0.3, -0.25) is 9.89 Å². The number of nitrogens with one attached hydrogen (secondary N) is 3. The van der Waals surface area contributed by atoms with Crippen LogP contribution in [0, 0.1) is 0 Å². The molecule has 0 spiro atoms. The second-order valence-electron chi connectivity index (χ2n) is 7.30. The Morgan fingerprint density at radius 1 is 1.17 bits per heavy atom. The molecular weight excluding hydrogens is 386 g/mol. The van der Waals surface area contributed by atoms with E-state index in [1.165, 1.54) is 0 Å². The standard InChI is InChI=1S/C22H20ClN5O/c23-15-7-5-14(6-8-15)20-11-21(27-26-20)28-10-9-16(13-28)25-22(29)18-12-24-19-4-2-1-3-17(18)19/h1-8,11-12,16,24H,9-10,13H2,(H,25,29)(H,26,27). The molecule has 0 aliphatic carbocycles. The van der Waals surface area contributed by atoms with Gasteiger partial charge in [0.25, 0.3) is 5.91 Å². The number of amides is 1. The molecule has 1 aliphatic rings. The monoisotopic (exact) mass is 405 g/mol. The predicted octanol–water partition coefficient (Wildman–Crippen LogP) is 4.22. The molecule has 2 aromatic carbocycles. The van der Waals surface area contributed by atoms with Crippen molar-refractivity contribution in [1.82, 2.24) is 20.5 Å². The lowest BCUT2D eigenvalue weighted by Gasteiger charge is -2.16. The molecule has 0 saturated carbocycles. The van der Waals surface area contributed by atoms with Gasteiger partial charge in [-0.25, -0.2) is 0 Å².